The molecule has 7 heteroatoms. The molecule has 1 saturated heterocycles. The first-order valence-electron chi connectivity index (χ1n) is 6.78. The summed E-state index contributed by atoms with van der Waals surface area (Å²) >= 11 is 0. The number of amides is 1. The average Bonchev–Trinajstić information content (AvgIpc) is 2.53. The molecule has 3 rings (SSSR count). The van der Waals surface area contributed by atoms with Crippen LogP contribution in [0.4, 0.5) is 0 Å². The topological polar surface area (TPSA) is 74.0 Å². The molecule has 2 aliphatic heterocycles. The Kier molecular flexibility index (Phi) is 5.27. The number of rotatable bonds is 2. The van der Waals surface area contributed by atoms with Gasteiger partial charge in [-0.05, 0) is 18.2 Å². The lowest BCUT2D eigenvalue weighted by molar-refractivity contribution is -0.0167. The fraction of sp³-hybridized carbons (Fsp3) is 0.500. The van der Waals surface area contributed by atoms with Crippen LogP contribution in [0.3, 0.4) is 0 Å². The Hall–Kier alpha value is -1.50. The maximum atomic E-state index is 12.5. The second-order valence-electron chi connectivity index (χ2n) is 4.84. The average molecular weight is 315 g/mol. The van der Waals surface area contributed by atoms with E-state index < -0.39 is 0 Å². The zero-order chi connectivity index (χ0) is 13.9. The summed E-state index contributed by atoms with van der Waals surface area (Å²) in [5, 5.41) is 0. The zero-order valence-electron chi connectivity index (χ0n) is 11.6. The van der Waals surface area contributed by atoms with Crippen LogP contribution in [0.25, 0.3) is 0 Å². The molecule has 21 heavy (non-hydrogen) atoms. The Morgan fingerprint density at radius 2 is 2.00 bits per heavy atom. The molecule has 1 unspecified atom stereocenters. The lowest BCUT2D eigenvalue weighted by Gasteiger charge is -2.32. The number of carbonyl (C=O) groups is 1. The van der Waals surface area contributed by atoms with Crippen molar-refractivity contribution in [1.82, 2.24) is 4.90 Å². The predicted molar refractivity (Wildman–Crippen MR) is 79.4 cm³/mol. The van der Waals surface area contributed by atoms with Gasteiger partial charge in [-0.25, -0.2) is 0 Å². The molecule has 0 spiro atoms. The summed E-state index contributed by atoms with van der Waals surface area (Å²) < 4.78 is 16.4. The summed E-state index contributed by atoms with van der Waals surface area (Å²) in [7, 11) is 0. The van der Waals surface area contributed by atoms with E-state index in [0.29, 0.717) is 56.5 Å². The Morgan fingerprint density at radius 1 is 1.24 bits per heavy atom. The number of hydrogen-bond acceptors (Lipinski definition) is 5. The summed E-state index contributed by atoms with van der Waals surface area (Å²) in [5.41, 5.74) is 6.20. The quantitative estimate of drug-likeness (QED) is 0.869. The lowest BCUT2D eigenvalue weighted by atomic mass is 10.1. The normalized spacial score (nSPS) is 20.6. The van der Waals surface area contributed by atoms with Crippen molar-refractivity contribution >= 4 is 18.3 Å². The first-order valence-corrected chi connectivity index (χ1v) is 6.78. The van der Waals surface area contributed by atoms with Crippen LogP contribution in [0, 0.1) is 0 Å². The van der Waals surface area contributed by atoms with E-state index in [2.05, 4.69) is 0 Å². The van der Waals surface area contributed by atoms with Crippen molar-refractivity contribution in [2.45, 2.75) is 6.10 Å². The standard InChI is InChI=1S/C14H18N2O4.ClH/c15-8-11-9-16(3-4-18-11)14(17)10-1-2-12-13(7-10)20-6-5-19-12;/h1-2,7,11H,3-6,8-9,15H2;1H. The van der Waals surface area contributed by atoms with Crippen LogP contribution in [0.2, 0.25) is 0 Å². The van der Waals surface area contributed by atoms with E-state index in [4.69, 9.17) is 19.9 Å². The molecule has 0 bridgehead atoms. The van der Waals surface area contributed by atoms with Gasteiger partial charge in [0.05, 0.1) is 12.7 Å². The van der Waals surface area contributed by atoms with Crippen molar-refractivity contribution in [2.75, 3.05) is 39.5 Å². The maximum Gasteiger partial charge on any atom is 0.254 e. The molecule has 1 aromatic carbocycles. The van der Waals surface area contributed by atoms with Gasteiger partial charge in [-0.15, -0.1) is 12.4 Å². The smallest absolute Gasteiger partial charge is 0.254 e. The van der Waals surface area contributed by atoms with Gasteiger partial charge < -0.3 is 24.8 Å². The van der Waals surface area contributed by atoms with Gasteiger partial charge in [-0.1, -0.05) is 0 Å². The molecule has 1 fully saturated rings. The second-order valence-corrected chi connectivity index (χ2v) is 4.84. The van der Waals surface area contributed by atoms with Gasteiger partial charge in [0, 0.05) is 25.2 Å². The molecule has 0 aliphatic carbocycles. The second kappa shape index (κ2) is 6.98. The Balaban J connectivity index is 0.00000161. The van der Waals surface area contributed by atoms with E-state index in [1.807, 2.05) is 0 Å². The number of morpholine rings is 1. The summed E-state index contributed by atoms with van der Waals surface area (Å²) in [6, 6.07) is 5.29. The molecule has 1 aromatic rings. The largest absolute Gasteiger partial charge is 0.486 e. The highest BCUT2D eigenvalue weighted by Crippen LogP contribution is 2.31. The van der Waals surface area contributed by atoms with Crippen molar-refractivity contribution in [3.05, 3.63) is 23.8 Å². The van der Waals surface area contributed by atoms with Crippen molar-refractivity contribution in [1.29, 1.82) is 0 Å². The van der Waals surface area contributed by atoms with Crippen LogP contribution < -0.4 is 15.2 Å². The van der Waals surface area contributed by atoms with Crippen molar-refractivity contribution in [2.24, 2.45) is 5.73 Å². The fourth-order valence-electron chi connectivity index (χ4n) is 2.41. The monoisotopic (exact) mass is 314 g/mol. The third-order valence-corrected chi connectivity index (χ3v) is 3.48. The van der Waals surface area contributed by atoms with Crippen LogP contribution in [0.1, 0.15) is 10.4 Å². The minimum atomic E-state index is -0.0788. The van der Waals surface area contributed by atoms with Crippen LogP contribution in [-0.4, -0.2) is 56.4 Å². The summed E-state index contributed by atoms with van der Waals surface area (Å²) in [4.78, 5) is 14.3. The molecule has 2 N–H and O–H groups in total. The molecule has 1 amide bonds. The Morgan fingerprint density at radius 3 is 2.76 bits per heavy atom. The Bertz CT molecular complexity index is 512. The fourth-order valence-corrected chi connectivity index (χ4v) is 2.41. The number of nitrogens with zero attached hydrogens (tertiary/aromatic N) is 1. The van der Waals surface area contributed by atoms with Crippen LogP contribution in [0.5, 0.6) is 11.5 Å². The van der Waals surface area contributed by atoms with Gasteiger partial charge in [0.2, 0.25) is 0 Å². The van der Waals surface area contributed by atoms with Crippen molar-refractivity contribution in [3.8, 4) is 11.5 Å². The highest BCUT2D eigenvalue weighted by molar-refractivity contribution is 5.95. The van der Waals surface area contributed by atoms with Crippen LogP contribution in [0.15, 0.2) is 18.2 Å². The van der Waals surface area contributed by atoms with Gasteiger partial charge in [-0.3, -0.25) is 4.79 Å². The van der Waals surface area contributed by atoms with Crippen molar-refractivity contribution in [3.63, 3.8) is 0 Å². The first-order chi connectivity index (χ1) is 9.78. The minimum Gasteiger partial charge on any atom is -0.486 e. The highest BCUT2D eigenvalue weighted by atomic mass is 35.5. The third kappa shape index (κ3) is 3.40. The van der Waals surface area contributed by atoms with Gasteiger partial charge in [0.1, 0.15) is 13.2 Å². The van der Waals surface area contributed by atoms with E-state index >= 15 is 0 Å². The van der Waals surface area contributed by atoms with E-state index in [-0.39, 0.29) is 24.4 Å². The van der Waals surface area contributed by atoms with Crippen molar-refractivity contribution < 1.29 is 19.0 Å². The van der Waals surface area contributed by atoms with E-state index in [9.17, 15) is 4.79 Å². The molecule has 1 atom stereocenters. The summed E-state index contributed by atoms with van der Waals surface area (Å²) in [6.07, 6.45) is -0.0788. The molecule has 0 radical (unpaired) electrons. The van der Waals surface area contributed by atoms with Gasteiger partial charge in [0.15, 0.2) is 11.5 Å². The molecule has 0 saturated carbocycles. The third-order valence-electron chi connectivity index (χ3n) is 3.48. The van der Waals surface area contributed by atoms with E-state index in [0.717, 1.165) is 0 Å². The SMILES string of the molecule is Cl.NCC1CN(C(=O)c2ccc3c(c2)OCCO3)CCO1. The van der Waals surface area contributed by atoms with E-state index in [1.54, 1.807) is 23.1 Å². The van der Waals surface area contributed by atoms with Gasteiger partial charge in [-0.2, -0.15) is 0 Å². The lowest BCUT2D eigenvalue weighted by Crippen LogP contribution is -2.48. The predicted octanol–water partition coefficient (Wildman–Crippen LogP) is 0.679. The molecule has 0 aromatic heterocycles. The van der Waals surface area contributed by atoms with Gasteiger partial charge in [0.25, 0.3) is 5.91 Å². The van der Waals surface area contributed by atoms with E-state index in [1.165, 1.54) is 0 Å². The molecule has 6 nitrogen and oxygen atoms in total. The number of halogens is 1. The molecule has 2 aliphatic rings. The first kappa shape index (κ1) is 15.9. The molecular formula is C14H19ClN2O4. The molecule has 116 valence electrons. The molecular weight excluding hydrogens is 296 g/mol. The minimum absolute atomic E-state index is 0. The summed E-state index contributed by atoms with van der Waals surface area (Å²) in [6.45, 7) is 3.12. The summed E-state index contributed by atoms with van der Waals surface area (Å²) in [5.74, 6) is 1.30. The number of hydrogen-bond donors (Lipinski definition) is 1. The number of carbonyl (C=O) groups excluding carboxylic acids is 1. The maximum absolute atomic E-state index is 12.5. The van der Waals surface area contributed by atoms with Crippen LogP contribution in [-0.2, 0) is 4.74 Å². The van der Waals surface area contributed by atoms with Crippen LogP contribution >= 0.6 is 12.4 Å². The zero-order valence-corrected chi connectivity index (χ0v) is 12.4. The number of fused-ring (bicyclic) bond motifs is 1. The molecule has 2 heterocycles. The Labute approximate surface area is 129 Å². The highest BCUT2D eigenvalue weighted by Gasteiger charge is 2.25. The number of nitrogens with two attached hydrogens (primary N) is 1. The number of benzene rings is 1. The van der Waals surface area contributed by atoms with Gasteiger partial charge >= 0.3 is 0 Å². The number of ether oxygens (including phenoxy) is 3.